The van der Waals surface area contributed by atoms with Gasteiger partial charge in [0.2, 0.25) is 15.9 Å². The Balaban J connectivity index is 2.06. The predicted octanol–water partition coefficient (Wildman–Crippen LogP) is 1.20. The Bertz CT molecular complexity index is 702. The van der Waals surface area contributed by atoms with E-state index in [0.717, 1.165) is 12.8 Å². The van der Waals surface area contributed by atoms with Gasteiger partial charge in [-0.05, 0) is 37.6 Å². The summed E-state index contributed by atoms with van der Waals surface area (Å²) >= 11 is 0. The summed E-state index contributed by atoms with van der Waals surface area (Å²) in [7, 11) is -4.01. The number of nitrogens with one attached hydrogen (secondary N) is 3. The maximum absolute atomic E-state index is 12.4. The van der Waals surface area contributed by atoms with Crippen LogP contribution in [-0.4, -0.2) is 38.3 Å². The number of carbonyl (C=O) groups is 2. The predicted molar refractivity (Wildman–Crippen MR) is 89.3 cm³/mol. The molecule has 1 saturated heterocycles. The Labute approximate surface area is 141 Å². The van der Waals surface area contributed by atoms with Crippen LogP contribution in [0, 0.1) is 0 Å². The third-order valence-corrected chi connectivity index (χ3v) is 5.33. The molecule has 1 aliphatic rings. The number of carbonyl (C=O) groups excluding carboxylic acids is 2. The SMILES string of the molecule is CCCCOc1ccc(NS(=O)(=O)C2C(=O)NC(=O)NC2C)cc1. The van der Waals surface area contributed by atoms with Crippen molar-refractivity contribution in [3.8, 4) is 5.75 Å². The number of hydrogen-bond donors (Lipinski definition) is 3. The first-order valence-electron chi connectivity index (χ1n) is 7.69. The van der Waals surface area contributed by atoms with E-state index in [1.807, 2.05) is 5.32 Å². The molecule has 0 radical (unpaired) electrons. The zero-order valence-electron chi connectivity index (χ0n) is 13.5. The van der Waals surface area contributed by atoms with Gasteiger partial charge in [-0.3, -0.25) is 14.8 Å². The first kappa shape index (κ1) is 18.1. The second-order valence-electron chi connectivity index (χ2n) is 5.55. The number of anilines is 1. The van der Waals surface area contributed by atoms with Crippen molar-refractivity contribution >= 4 is 27.6 Å². The van der Waals surface area contributed by atoms with Gasteiger partial charge in [-0.25, -0.2) is 13.2 Å². The minimum atomic E-state index is -4.01. The van der Waals surface area contributed by atoms with Crippen molar-refractivity contribution in [1.29, 1.82) is 0 Å². The van der Waals surface area contributed by atoms with E-state index in [0.29, 0.717) is 18.0 Å². The highest BCUT2D eigenvalue weighted by Gasteiger charge is 2.42. The van der Waals surface area contributed by atoms with Gasteiger partial charge in [0.25, 0.3) is 0 Å². The molecule has 2 rings (SSSR count). The first-order valence-corrected chi connectivity index (χ1v) is 9.24. The molecule has 3 amide bonds. The summed E-state index contributed by atoms with van der Waals surface area (Å²) in [5.41, 5.74) is 0.315. The summed E-state index contributed by atoms with van der Waals surface area (Å²) in [5.74, 6) is -0.208. The third kappa shape index (κ3) is 4.38. The summed E-state index contributed by atoms with van der Waals surface area (Å²) in [6.07, 6.45) is 1.96. The van der Waals surface area contributed by atoms with Crippen molar-refractivity contribution in [1.82, 2.24) is 10.6 Å². The quantitative estimate of drug-likeness (QED) is 0.636. The monoisotopic (exact) mass is 355 g/mol. The smallest absolute Gasteiger partial charge is 0.321 e. The Morgan fingerprint density at radius 2 is 1.88 bits per heavy atom. The van der Waals surface area contributed by atoms with Crippen LogP contribution in [0.25, 0.3) is 0 Å². The molecule has 9 heteroatoms. The molecular formula is C15H21N3O5S. The molecule has 0 aliphatic carbocycles. The number of ether oxygens (including phenoxy) is 1. The van der Waals surface area contributed by atoms with Gasteiger partial charge in [0.15, 0.2) is 5.25 Å². The minimum absolute atomic E-state index is 0.315. The molecule has 8 nitrogen and oxygen atoms in total. The topological polar surface area (TPSA) is 114 Å². The maximum atomic E-state index is 12.4. The van der Waals surface area contributed by atoms with Crippen LogP contribution in [0.1, 0.15) is 26.7 Å². The van der Waals surface area contributed by atoms with Gasteiger partial charge in [-0.15, -0.1) is 0 Å². The normalized spacial score (nSPS) is 20.9. The van der Waals surface area contributed by atoms with Crippen molar-refractivity contribution in [2.24, 2.45) is 0 Å². The number of amides is 3. The molecule has 0 spiro atoms. The average Bonchev–Trinajstić information content (AvgIpc) is 2.47. The second kappa shape index (κ2) is 7.52. The van der Waals surface area contributed by atoms with Gasteiger partial charge < -0.3 is 10.1 Å². The summed E-state index contributed by atoms with van der Waals surface area (Å²) in [5, 5.41) is 2.93. The Kier molecular flexibility index (Phi) is 5.66. The number of sulfonamides is 1. The fourth-order valence-corrected chi connectivity index (χ4v) is 3.86. The highest BCUT2D eigenvalue weighted by atomic mass is 32.2. The molecule has 24 heavy (non-hydrogen) atoms. The molecule has 132 valence electrons. The van der Waals surface area contributed by atoms with Gasteiger partial charge >= 0.3 is 6.03 Å². The summed E-state index contributed by atoms with van der Waals surface area (Å²) in [6.45, 7) is 4.12. The standard InChI is InChI=1S/C15H21N3O5S/c1-3-4-9-23-12-7-5-11(6-8-12)18-24(21,22)13-10(2)16-15(20)17-14(13)19/h5-8,10,13,18H,3-4,9H2,1-2H3,(H2,16,17,19,20). The molecule has 2 atom stereocenters. The molecule has 0 bridgehead atoms. The highest BCUT2D eigenvalue weighted by molar-refractivity contribution is 7.94. The lowest BCUT2D eigenvalue weighted by Gasteiger charge is -2.28. The molecule has 1 aliphatic heterocycles. The molecule has 0 aromatic heterocycles. The van der Waals surface area contributed by atoms with E-state index in [4.69, 9.17) is 4.74 Å². The van der Waals surface area contributed by atoms with Crippen LogP contribution in [-0.2, 0) is 14.8 Å². The number of urea groups is 1. The lowest BCUT2D eigenvalue weighted by molar-refractivity contribution is -0.120. The van der Waals surface area contributed by atoms with E-state index in [9.17, 15) is 18.0 Å². The lowest BCUT2D eigenvalue weighted by atomic mass is 10.2. The van der Waals surface area contributed by atoms with Crippen LogP contribution in [0.3, 0.4) is 0 Å². The molecule has 1 aromatic rings. The van der Waals surface area contributed by atoms with E-state index >= 15 is 0 Å². The van der Waals surface area contributed by atoms with Crippen molar-refractivity contribution in [3.63, 3.8) is 0 Å². The minimum Gasteiger partial charge on any atom is -0.494 e. The number of benzene rings is 1. The zero-order chi connectivity index (χ0) is 17.7. The van der Waals surface area contributed by atoms with Crippen molar-refractivity contribution in [2.45, 2.75) is 38.0 Å². The van der Waals surface area contributed by atoms with E-state index in [1.165, 1.54) is 6.92 Å². The van der Waals surface area contributed by atoms with Crippen LogP contribution in [0.4, 0.5) is 10.5 Å². The van der Waals surface area contributed by atoms with Crippen molar-refractivity contribution in [3.05, 3.63) is 24.3 Å². The van der Waals surface area contributed by atoms with Crippen LogP contribution in [0.5, 0.6) is 5.75 Å². The van der Waals surface area contributed by atoms with Crippen molar-refractivity contribution < 1.29 is 22.7 Å². The summed E-state index contributed by atoms with van der Waals surface area (Å²) < 4.78 is 32.7. The largest absolute Gasteiger partial charge is 0.494 e. The van der Waals surface area contributed by atoms with Crippen molar-refractivity contribution in [2.75, 3.05) is 11.3 Å². The Morgan fingerprint density at radius 1 is 1.21 bits per heavy atom. The first-order chi connectivity index (χ1) is 11.3. The van der Waals surface area contributed by atoms with Gasteiger partial charge in [-0.2, -0.15) is 0 Å². The van der Waals surface area contributed by atoms with E-state index in [1.54, 1.807) is 24.3 Å². The average molecular weight is 355 g/mol. The van der Waals surface area contributed by atoms with Gasteiger partial charge in [0, 0.05) is 5.69 Å². The Hall–Kier alpha value is -2.29. The molecule has 3 N–H and O–H groups in total. The number of hydrogen-bond acceptors (Lipinski definition) is 5. The van der Waals surface area contributed by atoms with Gasteiger partial charge in [0.1, 0.15) is 5.75 Å². The fourth-order valence-electron chi connectivity index (χ4n) is 2.32. The summed E-state index contributed by atoms with van der Waals surface area (Å²) in [4.78, 5) is 23.0. The molecular weight excluding hydrogens is 334 g/mol. The van der Waals surface area contributed by atoms with Crippen LogP contribution < -0.4 is 20.1 Å². The van der Waals surface area contributed by atoms with Crippen LogP contribution >= 0.6 is 0 Å². The zero-order valence-corrected chi connectivity index (χ0v) is 14.4. The molecule has 2 unspecified atom stereocenters. The molecule has 1 aromatic carbocycles. The second-order valence-corrected chi connectivity index (χ2v) is 7.35. The number of unbranched alkanes of at least 4 members (excludes halogenated alkanes) is 1. The van der Waals surface area contributed by atoms with E-state index in [2.05, 4.69) is 17.0 Å². The molecule has 0 saturated carbocycles. The molecule has 1 heterocycles. The van der Waals surface area contributed by atoms with E-state index in [-0.39, 0.29) is 0 Å². The van der Waals surface area contributed by atoms with Gasteiger partial charge in [-0.1, -0.05) is 13.3 Å². The Morgan fingerprint density at radius 3 is 2.46 bits per heavy atom. The molecule has 1 fully saturated rings. The third-order valence-electron chi connectivity index (χ3n) is 3.52. The number of rotatable bonds is 7. The fraction of sp³-hybridized carbons (Fsp3) is 0.467. The lowest BCUT2D eigenvalue weighted by Crippen LogP contribution is -2.63. The maximum Gasteiger partial charge on any atom is 0.321 e. The van der Waals surface area contributed by atoms with E-state index < -0.39 is 33.3 Å². The highest BCUT2D eigenvalue weighted by Crippen LogP contribution is 2.20. The van der Waals surface area contributed by atoms with Crippen LogP contribution in [0.2, 0.25) is 0 Å². The number of imide groups is 1. The van der Waals surface area contributed by atoms with Crippen LogP contribution in [0.15, 0.2) is 24.3 Å². The van der Waals surface area contributed by atoms with Gasteiger partial charge in [0.05, 0.1) is 12.6 Å². The summed E-state index contributed by atoms with van der Waals surface area (Å²) in [6, 6.07) is 4.89.